The van der Waals surface area contributed by atoms with Gasteiger partial charge in [0.15, 0.2) is 0 Å². The van der Waals surface area contributed by atoms with Crippen molar-refractivity contribution in [2.45, 2.75) is 26.1 Å². The number of fused-ring (bicyclic) bond motifs is 1. The average molecular weight is 527 g/mol. The first-order chi connectivity index (χ1) is 16.3. The highest BCUT2D eigenvalue weighted by Gasteiger charge is 2.49. The summed E-state index contributed by atoms with van der Waals surface area (Å²) < 4.78 is 59.6. The van der Waals surface area contributed by atoms with E-state index >= 15 is 0 Å². The van der Waals surface area contributed by atoms with E-state index in [-0.39, 0.29) is 37.6 Å². The van der Waals surface area contributed by atoms with Crippen LogP contribution in [0, 0.1) is 24.0 Å². The van der Waals surface area contributed by atoms with E-state index in [4.69, 9.17) is 21.1 Å². The molecule has 1 atom stereocenters. The number of carbonyl (C=O) groups is 2. The van der Waals surface area contributed by atoms with E-state index < -0.39 is 41.9 Å². The molecule has 0 saturated heterocycles. The van der Waals surface area contributed by atoms with Gasteiger partial charge in [0, 0.05) is 23.7 Å². The number of carbonyl (C=O) groups excluding carboxylic acids is 2. The highest BCUT2D eigenvalue weighted by Crippen LogP contribution is 2.41. The Morgan fingerprint density at radius 3 is 2.49 bits per heavy atom. The molecule has 11 nitrogen and oxygen atoms in total. The molecule has 194 valence electrons. The molecule has 0 N–H and O–H groups in total. The van der Waals surface area contributed by atoms with Gasteiger partial charge >= 0.3 is 18.3 Å². The maximum atomic E-state index is 13.5. The largest absolute Gasteiger partial charge is 0.511 e. The lowest BCUT2D eigenvalue weighted by Gasteiger charge is -2.29. The van der Waals surface area contributed by atoms with Gasteiger partial charge in [-0.25, -0.2) is 9.59 Å². The smallest absolute Gasteiger partial charge is 0.475 e. The summed E-state index contributed by atoms with van der Waals surface area (Å²) in [6, 6.07) is 1.34. The summed E-state index contributed by atoms with van der Waals surface area (Å²) in [5.41, 5.74) is 0.276. The Bertz CT molecular complexity index is 1000. The molecule has 1 unspecified atom stereocenters. The molecule has 15 heteroatoms. The minimum absolute atomic E-state index is 0.0852. The van der Waals surface area contributed by atoms with Crippen LogP contribution in [0.25, 0.3) is 6.08 Å². The maximum absolute atomic E-state index is 13.5. The van der Waals surface area contributed by atoms with Crippen LogP contribution < -0.4 is 4.74 Å². The fourth-order valence-corrected chi connectivity index (χ4v) is 3.12. The lowest BCUT2D eigenvalue weighted by atomic mass is 9.96. The van der Waals surface area contributed by atoms with Crippen molar-refractivity contribution < 1.29 is 51.6 Å². The third kappa shape index (κ3) is 7.89. The van der Waals surface area contributed by atoms with Crippen molar-refractivity contribution in [2.75, 3.05) is 40.1 Å². The molecule has 0 amide bonds. The first-order valence-corrected chi connectivity index (χ1v) is 10.4. The lowest BCUT2D eigenvalue weighted by molar-refractivity contribution is -0.757. The van der Waals surface area contributed by atoms with Crippen LogP contribution in [0.4, 0.5) is 18.0 Å². The van der Waals surface area contributed by atoms with Crippen molar-refractivity contribution in [3.8, 4) is 5.75 Å². The molecule has 2 rings (SSSR count). The fourth-order valence-electron chi connectivity index (χ4n) is 2.97. The normalized spacial score (nSPS) is 15.0. The number of likely N-dealkylation sites (N-methyl/N-ethyl adjacent to an activating group) is 1. The monoisotopic (exact) mass is 526 g/mol. The van der Waals surface area contributed by atoms with Crippen molar-refractivity contribution in [2.24, 2.45) is 0 Å². The highest BCUT2D eigenvalue weighted by atomic mass is 35.5. The van der Waals surface area contributed by atoms with Gasteiger partial charge in [0.2, 0.25) is 12.9 Å². The Balaban J connectivity index is 1.92. The Hall–Kier alpha value is -3.26. The molecule has 1 aromatic rings. The molecule has 1 heterocycles. The molecule has 0 saturated carbocycles. The average Bonchev–Trinajstić information content (AvgIpc) is 2.76. The van der Waals surface area contributed by atoms with Crippen LogP contribution in [0.15, 0.2) is 11.6 Å². The second-order valence-electron chi connectivity index (χ2n) is 7.34. The van der Waals surface area contributed by atoms with Gasteiger partial charge in [-0.3, -0.25) is 0 Å². The van der Waals surface area contributed by atoms with Crippen LogP contribution >= 0.6 is 11.6 Å². The van der Waals surface area contributed by atoms with Crippen molar-refractivity contribution >= 4 is 29.8 Å². The summed E-state index contributed by atoms with van der Waals surface area (Å²) in [6.45, 7) is 2.17. The second kappa shape index (κ2) is 11.9. The Morgan fingerprint density at radius 2 is 1.86 bits per heavy atom. The predicted molar refractivity (Wildman–Crippen MR) is 113 cm³/mol. The highest BCUT2D eigenvalue weighted by molar-refractivity contribution is 6.32. The first kappa shape index (κ1) is 28.0. The molecule has 0 fully saturated rings. The van der Waals surface area contributed by atoms with Gasteiger partial charge in [-0.15, -0.1) is 10.1 Å². The number of halogens is 4. The topological polar surface area (TPSA) is 127 Å². The molecule has 1 aromatic carbocycles. The minimum atomic E-state index is -4.93. The SMILES string of the molecule is Cc1cc2c(c(C)c1Cl)C=C(C(=O)OCOC(=O)OCCN(C)CCO[N+](=O)[O-])C(C(F)(F)F)O2. The van der Waals surface area contributed by atoms with Crippen LogP contribution in [0.5, 0.6) is 5.75 Å². The third-order valence-electron chi connectivity index (χ3n) is 4.78. The molecule has 0 spiro atoms. The van der Waals surface area contributed by atoms with Crippen LogP contribution in [0.1, 0.15) is 16.7 Å². The van der Waals surface area contributed by atoms with Gasteiger partial charge in [0.25, 0.3) is 5.09 Å². The quantitative estimate of drug-likeness (QED) is 0.193. The molecule has 0 aromatic heterocycles. The summed E-state index contributed by atoms with van der Waals surface area (Å²) in [5.74, 6) is -1.49. The Kier molecular flexibility index (Phi) is 9.54. The van der Waals surface area contributed by atoms with Crippen LogP contribution in [-0.4, -0.2) is 74.5 Å². The standard InChI is InChI=1S/C20H22ClF3N2O9/c1-11-8-15-13(12(2)16(11)21)9-14(17(35-15)20(22,23)24)18(27)32-10-33-19(28)31-6-4-25(3)5-7-34-26(29)30/h8-9,17H,4-7,10H2,1-3H3. The van der Waals surface area contributed by atoms with E-state index in [2.05, 4.69) is 14.3 Å². The lowest BCUT2D eigenvalue weighted by Crippen LogP contribution is -2.41. The molecule has 0 radical (unpaired) electrons. The number of hydrogen-bond donors (Lipinski definition) is 0. The van der Waals surface area contributed by atoms with Crippen molar-refractivity contribution in [3.63, 3.8) is 0 Å². The number of nitrogens with zero attached hydrogens (tertiary/aromatic N) is 2. The van der Waals surface area contributed by atoms with E-state index in [1.54, 1.807) is 25.8 Å². The maximum Gasteiger partial charge on any atom is 0.511 e. The number of ether oxygens (including phenoxy) is 4. The van der Waals surface area contributed by atoms with Crippen LogP contribution in [0.2, 0.25) is 5.02 Å². The first-order valence-electron chi connectivity index (χ1n) is 9.98. The summed E-state index contributed by atoms with van der Waals surface area (Å²) in [7, 11) is 1.59. The third-order valence-corrected chi connectivity index (χ3v) is 5.36. The molecule has 35 heavy (non-hydrogen) atoms. The van der Waals surface area contributed by atoms with Crippen LogP contribution in [-0.2, 0) is 23.8 Å². The van der Waals surface area contributed by atoms with Gasteiger partial charge in [-0.05, 0) is 44.2 Å². The number of alkyl halides is 3. The van der Waals surface area contributed by atoms with E-state index in [0.29, 0.717) is 16.1 Å². The van der Waals surface area contributed by atoms with E-state index in [1.807, 2.05) is 0 Å². The molecule has 1 aliphatic heterocycles. The number of hydrogen-bond acceptors (Lipinski definition) is 10. The fraction of sp³-hybridized carbons (Fsp3) is 0.500. The summed E-state index contributed by atoms with van der Waals surface area (Å²) >= 11 is 6.15. The predicted octanol–water partition coefficient (Wildman–Crippen LogP) is 3.46. The van der Waals surface area contributed by atoms with Gasteiger partial charge < -0.3 is 28.7 Å². The van der Waals surface area contributed by atoms with E-state index in [9.17, 15) is 32.9 Å². The number of rotatable bonds is 10. The number of benzene rings is 1. The summed E-state index contributed by atoms with van der Waals surface area (Å²) in [4.78, 5) is 39.7. The molecule has 0 bridgehead atoms. The zero-order valence-corrected chi connectivity index (χ0v) is 19.6. The molecule has 1 aliphatic rings. The zero-order chi connectivity index (χ0) is 26.3. The van der Waals surface area contributed by atoms with Gasteiger partial charge in [0.1, 0.15) is 19.0 Å². The van der Waals surface area contributed by atoms with Crippen molar-refractivity contribution in [1.82, 2.24) is 4.90 Å². The Morgan fingerprint density at radius 1 is 1.20 bits per heavy atom. The Labute approximate surface area is 202 Å². The number of esters is 1. The molecule has 0 aliphatic carbocycles. The van der Waals surface area contributed by atoms with Gasteiger partial charge in [-0.1, -0.05) is 11.6 Å². The molecular formula is C20H22ClF3N2O9. The van der Waals surface area contributed by atoms with E-state index in [0.717, 1.165) is 6.08 Å². The van der Waals surface area contributed by atoms with Crippen molar-refractivity contribution in [1.29, 1.82) is 0 Å². The second-order valence-corrected chi connectivity index (χ2v) is 7.71. The van der Waals surface area contributed by atoms with E-state index in [1.165, 1.54) is 6.07 Å². The van der Waals surface area contributed by atoms with Gasteiger partial charge in [-0.2, -0.15) is 13.2 Å². The van der Waals surface area contributed by atoms with Gasteiger partial charge in [0.05, 0.1) is 5.57 Å². The van der Waals surface area contributed by atoms with Crippen LogP contribution in [0.3, 0.4) is 0 Å². The number of aryl methyl sites for hydroxylation is 1. The summed E-state index contributed by atoms with van der Waals surface area (Å²) in [6.07, 6.45) is -7.78. The minimum Gasteiger partial charge on any atom is -0.475 e. The van der Waals surface area contributed by atoms with Crippen molar-refractivity contribution in [3.05, 3.63) is 43.5 Å². The molecular weight excluding hydrogens is 505 g/mol. The summed E-state index contributed by atoms with van der Waals surface area (Å²) in [5, 5.41) is 9.44. The zero-order valence-electron chi connectivity index (χ0n) is 18.8.